The van der Waals surface area contributed by atoms with E-state index in [0.717, 1.165) is 48.7 Å². The maximum Gasteiger partial charge on any atom is 0.321 e. The zero-order valence-electron chi connectivity index (χ0n) is 12.5. The number of nitrogens with zero attached hydrogens (tertiary/aromatic N) is 1. The first-order valence-electron chi connectivity index (χ1n) is 7.63. The molecule has 1 fully saturated rings. The average Bonchev–Trinajstić information content (AvgIpc) is 2.50. The van der Waals surface area contributed by atoms with Crippen molar-refractivity contribution >= 4 is 23.5 Å². The molecule has 1 aliphatic heterocycles. The second-order valence-corrected chi connectivity index (χ2v) is 6.63. The van der Waals surface area contributed by atoms with E-state index in [1.807, 2.05) is 29.2 Å². The van der Waals surface area contributed by atoms with E-state index in [0.29, 0.717) is 5.92 Å². The molecular formula is C16H24N2O2S. The van der Waals surface area contributed by atoms with Gasteiger partial charge in [-0.15, -0.1) is 11.8 Å². The van der Waals surface area contributed by atoms with Gasteiger partial charge in [0.1, 0.15) is 0 Å². The molecule has 0 aliphatic carbocycles. The summed E-state index contributed by atoms with van der Waals surface area (Å²) in [6, 6.07) is 7.90. The van der Waals surface area contributed by atoms with E-state index in [1.54, 1.807) is 11.8 Å². The van der Waals surface area contributed by atoms with Crippen LogP contribution in [0.1, 0.15) is 26.2 Å². The summed E-state index contributed by atoms with van der Waals surface area (Å²) in [6.45, 7) is 3.86. The molecule has 0 bridgehead atoms. The van der Waals surface area contributed by atoms with Gasteiger partial charge in [0.05, 0.1) is 5.69 Å². The standard InChI is InChI=1S/C16H24N2O2S/c1-2-21-15-8-4-3-7-14(15)17-16(20)18-10-5-6-13(12-18)9-11-19/h3-4,7-8,13,19H,2,5-6,9-12H2,1H3,(H,17,20)/t13-/m1/s1. The van der Waals surface area contributed by atoms with E-state index in [1.165, 1.54) is 0 Å². The van der Waals surface area contributed by atoms with E-state index in [9.17, 15) is 4.79 Å². The Morgan fingerprint density at radius 3 is 3.05 bits per heavy atom. The Morgan fingerprint density at radius 2 is 2.29 bits per heavy atom. The van der Waals surface area contributed by atoms with Gasteiger partial charge in [-0.1, -0.05) is 19.1 Å². The molecule has 1 saturated heterocycles. The normalized spacial score (nSPS) is 18.6. The summed E-state index contributed by atoms with van der Waals surface area (Å²) in [5, 5.41) is 12.1. The molecule has 5 heteroatoms. The summed E-state index contributed by atoms with van der Waals surface area (Å²) in [5.74, 6) is 1.41. The van der Waals surface area contributed by atoms with Gasteiger partial charge in [-0.3, -0.25) is 0 Å². The molecule has 116 valence electrons. The van der Waals surface area contributed by atoms with Crippen molar-refractivity contribution in [2.45, 2.75) is 31.1 Å². The Balaban J connectivity index is 1.97. The van der Waals surface area contributed by atoms with Crippen LogP contribution in [-0.2, 0) is 0 Å². The molecule has 2 N–H and O–H groups in total. The molecule has 4 nitrogen and oxygen atoms in total. The fraction of sp³-hybridized carbons (Fsp3) is 0.562. The monoisotopic (exact) mass is 308 g/mol. The smallest absolute Gasteiger partial charge is 0.321 e. The molecule has 0 radical (unpaired) electrons. The maximum absolute atomic E-state index is 12.4. The number of amides is 2. The number of urea groups is 1. The van der Waals surface area contributed by atoms with Gasteiger partial charge < -0.3 is 15.3 Å². The van der Waals surface area contributed by atoms with Crippen LogP contribution in [0.15, 0.2) is 29.2 Å². The molecule has 1 aromatic rings. The molecule has 1 aromatic carbocycles. The van der Waals surface area contributed by atoms with Crippen LogP contribution in [0.5, 0.6) is 0 Å². The summed E-state index contributed by atoms with van der Waals surface area (Å²) < 4.78 is 0. The molecule has 21 heavy (non-hydrogen) atoms. The molecule has 1 heterocycles. The minimum absolute atomic E-state index is 0.0261. The van der Waals surface area contributed by atoms with Crippen LogP contribution in [0.4, 0.5) is 10.5 Å². The number of aliphatic hydroxyl groups excluding tert-OH is 1. The van der Waals surface area contributed by atoms with Crippen molar-refractivity contribution in [2.24, 2.45) is 5.92 Å². The Labute approximate surface area is 130 Å². The van der Waals surface area contributed by atoms with Crippen molar-refractivity contribution in [3.8, 4) is 0 Å². The Bertz CT molecular complexity index is 465. The first-order valence-corrected chi connectivity index (χ1v) is 8.61. The summed E-state index contributed by atoms with van der Waals surface area (Å²) in [5.41, 5.74) is 0.888. The van der Waals surface area contributed by atoms with E-state index in [-0.39, 0.29) is 12.6 Å². The van der Waals surface area contributed by atoms with Gasteiger partial charge >= 0.3 is 6.03 Å². The number of hydrogen-bond acceptors (Lipinski definition) is 3. The van der Waals surface area contributed by atoms with Crippen molar-refractivity contribution < 1.29 is 9.90 Å². The van der Waals surface area contributed by atoms with E-state index in [2.05, 4.69) is 12.2 Å². The largest absolute Gasteiger partial charge is 0.396 e. The number of nitrogens with one attached hydrogen (secondary N) is 1. The number of piperidine rings is 1. The number of hydrogen-bond donors (Lipinski definition) is 2. The Kier molecular flexibility index (Phi) is 6.39. The Morgan fingerprint density at radius 1 is 1.48 bits per heavy atom. The molecule has 0 aromatic heterocycles. The highest BCUT2D eigenvalue weighted by Crippen LogP contribution is 2.27. The maximum atomic E-state index is 12.4. The van der Waals surface area contributed by atoms with E-state index >= 15 is 0 Å². The van der Waals surface area contributed by atoms with E-state index in [4.69, 9.17) is 5.11 Å². The molecule has 2 amide bonds. The molecule has 1 atom stereocenters. The van der Waals surface area contributed by atoms with Gasteiger partial charge in [0, 0.05) is 24.6 Å². The first-order chi connectivity index (χ1) is 10.2. The third-order valence-corrected chi connectivity index (χ3v) is 4.73. The zero-order chi connectivity index (χ0) is 15.1. The number of rotatable bonds is 5. The average molecular weight is 308 g/mol. The number of para-hydroxylation sites is 1. The fourth-order valence-corrected chi connectivity index (χ4v) is 3.47. The number of benzene rings is 1. The second kappa shape index (κ2) is 8.29. The molecular weight excluding hydrogens is 284 g/mol. The lowest BCUT2D eigenvalue weighted by atomic mass is 9.95. The number of carbonyl (C=O) groups is 1. The predicted molar refractivity (Wildman–Crippen MR) is 87.9 cm³/mol. The molecule has 0 saturated carbocycles. The summed E-state index contributed by atoms with van der Waals surface area (Å²) in [7, 11) is 0. The van der Waals surface area contributed by atoms with Crippen molar-refractivity contribution in [1.29, 1.82) is 0 Å². The highest BCUT2D eigenvalue weighted by atomic mass is 32.2. The van der Waals surface area contributed by atoms with Gasteiger partial charge in [0.25, 0.3) is 0 Å². The minimum atomic E-state index is -0.0261. The van der Waals surface area contributed by atoms with Crippen LogP contribution in [0.25, 0.3) is 0 Å². The van der Waals surface area contributed by atoms with E-state index < -0.39 is 0 Å². The first kappa shape index (κ1) is 16.2. The van der Waals surface area contributed by atoms with Crippen LogP contribution < -0.4 is 5.32 Å². The zero-order valence-corrected chi connectivity index (χ0v) is 13.4. The van der Waals surface area contributed by atoms with Gasteiger partial charge in [0.2, 0.25) is 0 Å². The van der Waals surface area contributed by atoms with Gasteiger partial charge in [-0.25, -0.2) is 4.79 Å². The van der Waals surface area contributed by atoms with Crippen molar-refractivity contribution in [1.82, 2.24) is 4.90 Å². The lowest BCUT2D eigenvalue weighted by Gasteiger charge is -2.32. The lowest BCUT2D eigenvalue weighted by molar-refractivity contribution is 0.159. The van der Waals surface area contributed by atoms with Gasteiger partial charge in [-0.05, 0) is 43.1 Å². The number of anilines is 1. The number of thioether (sulfide) groups is 1. The topological polar surface area (TPSA) is 52.6 Å². The summed E-state index contributed by atoms with van der Waals surface area (Å²) in [6.07, 6.45) is 2.90. The molecule has 2 rings (SSSR count). The summed E-state index contributed by atoms with van der Waals surface area (Å²) >= 11 is 1.73. The molecule has 1 aliphatic rings. The quantitative estimate of drug-likeness (QED) is 0.819. The minimum Gasteiger partial charge on any atom is -0.396 e. The third kappa shape index (κ3) is 4.64. The second-order valence-electron chi connectivity index (χ2n) is 5.33. The van der Waals surface area contributed by atoms with Crippen LogP contribution in [0, 0.1) is 5.92 Å². The van der Waals surface area contributed by atoms with Crippen molar-refractivity contribution in [3.05, 3.63) is 24.3 Å². The number of aliphatic hydroxyl groups is 1. The van der Waals surface area contributed by atoms with Crippen molar-refractivity contribution in [3.63, 3.8) is 0 Å². The van der Waals surface area contributed by atoms with Crippen LogP contribution in [0.2, 0.25) is 0 Å². The highest BCUT2D eigenvalue weighted by molar-refractivity contribution is 7.99. The molecule has 0 unspecified atom stereocenters. The lowest BCUT2D eigenvalue weighted by Crippen LogP contribution is -2.42. The SMILES string of the molecule is CCSc1ccccc1NC(=O)N1CCC[C@H](CCO)C1. The van der Waals surface area contributed by atoms with Gasteiger partial charge in [-0.2, -0.15) is 0 Å². The Hall–Kier alpha value is -1.20. The third-order valence-electron chi connectivity index (χ3n) is 3.77. The van der Waals surface area contributed by atoms with Crippen LogP contribution in [-0.4, -0.2) is 41.5 Å². The number of likely N-dealkylation sites (tertiary alicyclic amines) is 1. The van der Waals surface area contributed by atoms with Crippen molar-refractivity contribution in [2.75, 3.05) is 30.8 Å². The van der Waals surface area contributed by atoms with Crippen LogP contribution >= 0.6 is 11.8 Å². The molecule has 0 spiro atoms. The van der Waals surface area contributed by atoms with Crippen LogP contribution in [0.3, 0.4) is 0 Å². The highest BCUT2D eigenvalue weighted by Gasteiger charge is 2.23. The summed E-state index contributed by atoms with van der Waals surface area (Å²) in [4.78, 5) is 15.4. The predicted octanol–water partition coefficient (Wildman–Crippen LogP) is 3.42. The fourth-order valence-electron chi connectivity index (χ4n) is 2.71. The van der Waals surface area contributed by atoms with Gasteiger partial charge in [0.15, 0.2) is 0 Å². The number of carbonyl (C=O) groups excluding carboxylic acids is 1.